The summed E-state index contributed by atoms with van der Waals surface area (Å²) < 4.78 is 0. The van der Waals surface area contributed by atoms with Crippen LogP contribution in [0.15, 0.2) is 23.0 Å². The zero-order valence-electron chi connectivity index (χ0n) is 23.3. The molecule has 3 aliphatic carbocycles. The molecule has 4 atom stereocenters. The van der Waals surface area contributed by atoms with E-state index in [1.165, 1.54) is 4.90 Å². The largest absolute Gasteiger partial charge is 0.508 e. The van der Waals surface area contributed by atoms with Crippen molar-refractivity contribution in [3.63, 3.8) is 0 Å². The first-order valence-corrected chi connectivity index (χ1v) is 12.7. The number of fused-ring (bicyclic) bond motifs is 3. The number of hydrogen-bond donors (Lipinski definition) is 6. The minimum Gasteiger partial charge on any atom is -0.508 e. The first-order valence-electron chi connectivity index (χ1n) is 12.7. The van der Waals surface area contributed by atoms with Gasteiger partial charge in [0.25, 0.3) is 5.91 Å². The third-order valence-corrected chi connectivity index (χ3v) is 7.91. The molecular formula is C27H35N5O8. The van der Waals surface area contributed by atoms with Crippen molar-refractivity contribution in [2.45, 2.75) is 24.5 Å². The highest BCUT2D eigenvalue weighted by molar-refractivity contribution is 6.24. The topological polar surface area (TPSA) is 197 Å². The van der Waals surface area contributed by atoms with Crippen molar-refractivity contribution in [1.29, 1.82) is 0 Å². The van der Waals surface area contributed by atoms with E-state index >= 15 is 0 Å². The van der Waals surface area contributed by atoms with Crippen LogP contribution in [0.4, 0.5) is 11.4 Å². The third-order valence-electron chi connectivity index (χ3n) is 7.91. The number of benzene rings is 1. The molecule has 216 valence electrons. The normalized spacial score (nSPS) is 26.1. The average Bonchev–Trinajstić information content (AvgIpc) is 2.81. The number of amides is 2. The molecule has 0 saturated heterocycles. The van der Waals surface area contributed by atoms with E-state index in [-0.39, 0.29) is 36.2 Å². The van der Waals surface area contributed by atoms with Gasteiger partial charge in [-0.25, -0.2) is 0 Å². The smallest absolute Gasteiger partial charge is 0.255 e. The minimum absolute atomic E-state index is 0.00874. The van der Waals surface area contributed by atoms with Crippen LogP contribution in [0.25, 0.3) is 5.76 Å². The minimum atomic E-state index is -2.72. The Morgan fingerprint density at radius 2 is 1.73 bits per heavy atom. The van der Waals surface area contributed by atoms with Crippen LogP contribution in [0, 0.1) is 11.8 Å². The van der Waals surface area contributed by atoms with Gasteiger partial charge in [-0.3, -0.25) is 24.1 Å². The van der Waals surface area contributed by atoms with Gasteiger partial charge in [0.05, 0.1) is 23.8 Å². The summed E-state index contributed by atoms with van der Waals surface area (Å²) in [6, 6.07) is 0.412. The quantitative estimate of drug-likeness (QED) is 0.195. The van der Waals surface area contributed by atoms with Gasteiger partial charge >= 0.3 is 0 Å². The standard InChI is InChI=1S/C27H35N5O8/c1-30(2)10-16(33)29-14-9-15(31(3)4)12-7-11-8-13-20(32(5)6)23(36)19(26(28)39)25(38)27(13,40)24(37)17(11)22(35)18(12)21(14)34/h9,11,13,20,34-35,38,40H,7-8,10H2,1-6H3,(H2,28,39)(H,29,33). The second kappa shape index (κ2) is 9.91. The number of aliphatic hydroxyl groups is 3. The maximum atomic E-state index is 14.0. The number of aliphatic hydroxyl groups excluding tert-OH is 2. The zero-order chi connectivity index (χ0) is 30.0. The molecule has 0 bridgehead atoms. The van der Waals surface area contributed by atoms with Crippen LogP contribution < -0.4 is 16.0 Å². The second-order valence-electron chi connectivity index (χ2n) is 11.3. The summed E-state index contributed by atoms with van der Waals surface area (Å²) in [6.45, 7) is 0.0233. The summed E-state index contributed by atoms with van der Waals surface area (Å²) in [5.74, 6) is -7.73. The summed E-state index contributed by atoms with van der Waals surface area (Å²) in [7, 11) is 9.98. The number of carbonyl (C=O) groups is 4. The number of primary amides is 1. The molecule has 1 fully saturated rings. The van der Waals surface area contributed by atoms with E-state index in [0.29, 0.717) is 11.3 Å². The van der Waals surface area contributed by atoms with Gasteiger partial charge in [-0.05, 0) is 58.6 Å². The van der Waals surface area contributed by atoms with Gasteiger partial charge < -0.3 is 41.3 Å². The number of ketones is 2. The predicted octanol–water partition coefficient (Wildman–Crippen LogP) is -0.470. The highest BCUT2D eigenvalue weighted by Crippen LogP contribution is 2.54. The van der Waals surface area contributed by atoms with E-state index in [9.17, 15) is 39.6 Å². The Hall–Kier alpha value is -3.94. The van der Waals surface area contributed by atoms with E-state index in [2.05, 4.69) is 5.32 Å². The number of nitrogens with one attached hydrogen (secondary N) is 1. The number of likely N-dealkylation sites (N-methyl/N-ethyl adjacent to an activating group) is 2. The van der Waals surface area contributed by atoms with Crippen LogP contribution in [0.2, 0.25) is 0 Å². The highest BCUT2D eigenvalue weighted by atomic mass is 16.3. The highest BCUT2D eigenvalue weighted by Gasteiger charge is 2.64. The van der Waals surface area contributed by atoms with Gasteiger partial charge in [0, 0.05) is 31.3 Å². The lowest BCUT2D eigenvalue weighted by Crippen LogP contribution is -2.65. The molecule has 0 aromatic heterocycles. The van der Waals surface area contributed by atoms with Crippen LogP contribution >= 0.6 is 0 Å². The molecule has 4 unspecified atom stereocenters. The number of hydrogen-bond acceptors (Lipinski definition) is 11. The molecule has 13 nitrogen and oxygen atoms in total. The van der Waals surface area contributed by atoms with Crippen LogP contribution in [-0.4, -0.2) is 114 Å². The monoisotopic (exact) mass is 557 g/mol. The molecular weight excluding hydrogens is 522 g/mol. The number of Topliss-reactive ketones (excluding diaryl/α,β-unsaturated/α-hetero) is 2. The molecule has 0 heterocycles. The number of nitrogens with two attached hydrogens (primary N) is 1. The Morgan fingerprint density at radius 1 is 1.10 bits per heavy atom. The van der Waals surface area contributed by atoms with Gasteiger partial charge in [-0.2, -0.15) is 0 Å². The fourth-order valence-corrected chi connectivity index (χ4v) is 6.26. The maximum Gasteiger partial charge on any atom is 0.255 e. The molecule has 40 heavy (non-hydrogen) atoms. The Balaban J connectivity index is 1.95. The zero-order valence-corrected chi connectivity index (χ0v) is 23.3. The molecule has 13 heteroatoms. The summed E-state index contributed by atoms with van der Waals surface area (Å²) >= 11 is 0. The number of anilines is 2. The number of phenols is 1. The Bertz CT molecular complexity index is 1400. The van der Waals surface area contributed by atoms with E-state index in [1.807, 2.05) is 0 Å². The molecule has 1 saturated carbocycles. The molecule has 1 aromatic rings. The van der Waals surface area contributed by atoms with Gasteiger partial charge in [0.2, 0.25) is 11.7 Å². The molecule has 0 aliphatic heterocycles. The van der Waals surface area contributed by atoms with Crippen molar-refractivity contribution < 1.29 is 39.6 Å². The summed E-state index contributed by atoms with van der Waals surface area (Å²) in [4.78, 5) is 56.6. The SMILES string of the molecule is CN(C)CC(=O)Nc1cc(N(C)C)c2c(c1O)C(O)=C1C(=O)C3(O)C(O)=C(C(N)=O)C(=O)C(N(C)C)C3CC1C2. The molecule has 1 aromatic carbocycles. The van der Waals surface area contributed by atoms with Crippen molar-refractivity contribution >= 4 is 40.5 Å². The van der Waals surface area contributed by atoms with Crippen molar-refractivity contribution in [3.8, 4) is 5.75 Å². The van der Waals surface area contributed by atoms with Gasteiger partial charge in [-0.15, -0.1) is 0 Å². The van der Waals surface area contributed by atoms with Crippen molar-refractivity contribution in [3.05, 3.63) is 34.1 Å². The second-order valence-corrected chi connectivity index (χ2v) is 11.3. The lowest BCUT2D eigenvalue weighted by atomic mass is 9.57. The number of aromatic hydroxyl groups is 1. The summed E-state index contributed by atoms with van der Waals surface area (Å²) in [5.41, 5.74) is 2.48. The Morgan fingerprint density at radius 3 is 2.25 bits per heavy atom. The lowest BCUT2D eigenvalue weighted by molar-refractivity contribution is -0.153. The fraction of sp³-hybridized carbons (Fsp3) is 0.481. The van der Waals surface area contributed by atoms with Crippen LogP contribution in [0.3, 0.4) is 0 Å². The molecule has 3 aliphatic rings. The van der Waals surface area contributed by atoms with E-state index in [1.54, 1.807) is 58.2 Å². The van der Waals surface area contributed by atoms with Crippen LogP contribution in [0.1, 0.15) is 17.5 Å². The number of rotatable bonds is 6. The van der Waals surface area contributed by atoms with Crippen molar-refractivity contribution in [1.82, 2.24) is 9.80 Å². The first kappa shape index (κ1) is 29.1. The first-order chi connectivity index (χ1) is 18.5. The van der Waals surface area contributed by atoms with Crippen molar-refractivity contribution in [2.24, 2.45) is 17.6 Å². The summed E-state index contributed by atoms with van der Waals surface area (Å²) in [5, 5.41) is 48.0. The lowest BCUT2D eigenvalue weighted by Gasteiger charge is -2.50. The molecule has 0 radical (unpaired) electrons. The number of carbonyl (C=O) groups excluding carboxylic acids is 4. The fourth-order valence-electron chi connectivity index (χ4n) is 6.26. The van der Waals surface area contributed by atoms with Crippen molar-refractivity contribution in [2.75, 3.05) is 59.0 Å². The number of nitrogens with zero attached hydrogens (tertiary/aromatic N) is 3. The maximum absolute atomic E-state index is 14.0. The third kappa shape index (κ3) is 4.21. The van der Waals surface area contributed by atoms with E-state index < -0.39 is 69.7 Å². The van der Waals surface area contributed by atoms with E-state index in [0.717, 1.165) is 0 Å². The van der Waals surface area contributed by atoms with Gasteiger partial charge in [-0.1, -0.05) is 0 Å². The molecule has 7 N–H and O–H groups in total. The Labute approximate surface area is 231 Å². The predicted molar refractivity (Wildman–Crippen MR) is 146 cm³/mol. The van der Waals surface area contributed by atoms with Crippen LogP contribution in [-0.2, 0) is 25.6 Å². The molecule has 4 rings (SSSR count). The molecule has 2 amide bonds. The number of phenolic OH excluding ortho intramolecular Hbond substituents is 1. The van der Waals surface area contributed by atoms with Crippen LogP contribution in [0.5, 0.6) is 5.75 Å². The Kier molecular flexibility index (Phi) is 7.20. The molecule has 0 spiro atoms. The van der Waals surface area contributed by atoms with E-state index in [4.69, 9.17) is 5.73 Å². The van der Waals surface area contributed by atoms with Gasteiger partial charge in [0.15, 0.2) is 11.4 Å². The van der Waals surface area contributed by atoms with Gasteiger partial charge in [0.1, 0.15) is 22.8 Å². The average molecular weight is 558 g/mol. The summed E-state index contributed by atoms with van der Waals surface area (Å²) in [6.07, 6.45) is 0.127.